The number of hydrogen-bond acceptors (Lipinski definition) is 3. The molecule has 2 amide bonds. The van der Waals surface area contributed by atoms with Gasteiger partial charge in [-0.15, -0.1) is 0 Å². The van der Waals surface area contributed by atoms with Gasteiger partial charge in [-0.3, -0.25) is 9.59 Å². The van der Waals surface area contributed by atoms with E-state index in [-0.39, 0.29) is 5.91 Å². The maximum atomic E-state index is 13.1. The highest BCUT2D eigenvalue weighted by Crippen LogP contribution is 2.26. The van der Waals surface area contributed by atoms with Gasteiger partial charge in [0.15, 0.2) is 0 Å². The van der Waals surface area contributed by atoms with Gasteiger partial charge < -0.3 is 11.1 Å². The minimum atomic E-state index is -0.509. The molecule has 5 heteroatoms. The summed E-state index contributed by atoms with van der Waals surface area (Å²) in [5.74, 6) is -0.755. The molecule has 0 atom stereocenters. The molecule has 29 heavy (non-hydrogen) atoms. The van der Waals surface area contributed by atoms with Gasteiger partial charge in [0.1, 0.15) is 0 Å². The Hall–Kier alpha value is -3.99. The molecule has 0 spiro atoms. The highest BCUT2D eigenvalue weighted by atomic mass is 16.2. The summed E-state index contributed by atoms with van der Waals surface area (Å²) in [6.45, 7) is 2.02. The first-order chi connectivity index (χ1) is 14.0. The Morgan fingerprint density at radius 2 is 1.66 bits per heavy atom. The van der Waals surface area contributed by atoms with Crippen LogP contribution in [-0.4, -0.2) is 16.8 Å². The maximum absolute atomic E-state index is 13.1. The number of nitrogens with zero attached hydrogens (tertiary/aromatic N) is 1. The van der Waals surface area contributed by atoms with Crippen LogP contribution in [0.25, 0.3) is 22.2 Å². The summed E-state index contributed by atoms with van der Waals surface area (Å²) in [6.07, 6.45) is 0. The number of amides is 2. The zero-order valence-corrected chi connectivity index (χ0v) is 15.8. The van der Waals surface area contributed by atoms with E-state index in [0.717, 1.165) is 27.7 Å². The Balaban J connectivity index is 1.75. The lowest BCUT2D eigenvalue weighted by Gasteiger charge is -2.11. The molecule has 4 aromatic rings. The minimum absolute atomic E-state index is 0.246. The number of pyridine rings is 1. The van der Waals surface area contributed by atoms with Gasteiger partial charge in [0.25, 0.3) is 5.91 Å². The van der Waals surface area contributed by atoms with E-state index >= 15 is 0 Å². The van der Waals surface area contributed by atoms with E-state index in [1.54, 1.807) is 24.3 Å². The van der Waals surface area contributed by atoms with Gasteiger partial charge >= 0.3 is 0 Å². The van der Waals surface area contributed by atoms with Crippen LogP contribution in [0.1, 0.15) is 26.3 Å². The number of aryl methyl sites for hydroxylation is 1. The molecular formula is C24H19N3O2. The van der Waals surface area contributed by atoms with Crippen LogP contribution in [0.4, 0.5) is 5.69 Å². The Kier molecular flexibility index (Phi) is 4.79. The predicted molar refractivity (Wildman–Crippen MR) is 115 cm³/mol. The topological polar surface area (TPSA) is 85.1 Å². The van der Waals surface area contributed by atoms with Gasteiger partial charge in [-0.25, -0.2) is 4.98 Å². The van der Waals surface area contributed by atoms with Crippen LogP contribution in [0.5, 0.6) is 0 Å². The second-order valence-corrected chi connectivity index (χ2v) is 6.84. The summed E-state index contributed by atoms with van der Waals surface area (Å²) in [5, 5.41) is 3.66. The number of fused-ring (bicyclic) bond motifs is 1. The van der Waals surface area contributed by atoms with Gasteiger partial charge in [-0.2, -0.15) is 0 Å². The summed E-state index contributed by atoms with van der Waals surface area (Å²) in [7, 11) is 0. The van der Waals surface area contributed by atoms with Crippen LogP contribution in [0.3, 0.4) is 0 Å². The summed E-state index contributed by atoms with van der Waals surface area (Å²) in [6, 6.07) is 23.9. The van der Waals surface area contributed by atoms with E-state index in [1.165, 1.54) is 0 Å². The molecule has 5 nitrogen and oxygen atoms in total. The number of nitrogens with one attached hydrogen (secondary N) is 1. The van der Waals surface area contributed by atoms with Crippen molar-refractivity contribution in [3.05, 3.63) is 95.6 Å². The third-order valence-corrected chi connectivity index (χ3v) is 4.70. The Bertz CT molecular complexity index is 1230. The molecule has 0 unspecified atom stereocenters. The quantitative estimate of drug-likeness (QED) is 0.543. The van der Waals surface area contributed by atoms with Gasteiger partial charge in [-0.05, 0) is 49.4 Å². The summed E-state index contributed by atoms with van der Waals surface area (Å²) < 4.78 is 0. The second kappa shape index (κ2) is 7.56. The summed E-state index contributed by atoms with van der Waals surface area (Å²) in [5.41, 5.74) is 10.3. The predicted octanol–water partition coefficient (Wildman–Crippen LogP) is 4.56. The minimum Gasteiger partial charge on any atom is -0.366 e. The molecule has 1 heterocycles. The van der Waals surface area contributed by atoms with Crippen LogP contribution >= 0.6 is 0 Å². The lowest BCUT2D eigenvalue weighted by Crippen LogP contribution is -2.14. The molecule has 0 bridgehead atoms. The van der Waals surface area contributed by atoms with Gasteiger partial charge in [0.05, 0.1) is 16.8 Å². The first-order valence-electron chi connectivity index (χ1n) is 9.19. The van der Waals surface area contributed by atoms with Crippen LogP contribution in [0.2, 0.25) is 0 Å². The van der Waals surface area contributed by atoms with Crippen molar-refractivity contribution in [1.29, 1.82) is 0 Å². The highest BCUT2D eigenvalue weighted by Gasteiger charge is 2.14. The van der Waals surface area contributed by atoms with Crippen molar-refractivity contribution < 1.29 is 9.59 Å². The molecule has 142 valence electrons. The molecule has 4 rings (SSSR count). The zero-order chi connectivity index (χ0) is 20.4. The van der Waals surface area contributed by atoms with Crippen molar-refractivity contribution in [2.45, 2.75) is 6.92 Å². The van der Waals surface area contributed by atoms with Crippen LogP contribution in [0, 0.1) is 6.92 Å². The lowest BCUT2D eigenvalue weighted by atomic mass is 10.0. The molecule has 0 fully saturated rings. The standard InChI is InChI=1S/C24H19N3O2/c1-15-5-4-6-17(13-15)22-14-20(19-7-2-3-8-21(19)27-22)24(29)26-18-11-9-16(10-12-18)23(25)28/h2-14H,1H3,(H2,25,28)(H,26,29). The largest absolute Gasteiger partial charge is 0.366 e. The molecule has 0 saturated carbocycles. The van der Waals surface area contributed by atoms with E-state index < -0.39 is 5.91 Å². The first kappa shape index (κ1) is 18.4. The number of rotatable bonds is 4. The van der Waals surface area contributed by atoms with Crippen molar-refractivity contribution >= 4 is 28.4 Å². The molecule has 0 radical (unpaired) electrons. The number of nitrogens with two attached hydrogens (primary N) is 1. The fourth-order valence-electron chi connectivity index (χ4n) is 3.23. The van der Waals surface area contributed by atoms with Crippen molar-refractivity contribution in [1.82, 2.24) is 4.98 Å². The smallest absolute Gasteiger partial charge is 0.256 e. The molecule has 3 N–H and O–H groups in total. The third kappa shape index (κ3) is 3.84. The number of carbonyl (C=O) groups excluding carboxylic acids is 2. The fraction of sp³-hybridized carbons (Fsp3) is 0.0417. The molecular weight excluding hydrogens is 362 g/mol. The molecule has 0 aliphatic carbocycles. The van der Waals surface area contributed by atoms with E-state index in [4.69, 9.17) is 10.7 Å². The number of carbonyl (C=O) groups is 2. The highest BCUT2D eigenvalue weighted by molar-refractivity contribution is 6.13. The number of benzene rings is 3. The Morgan fingerprint density at radius 3 is 2.38 bits per heavy atom. The van der Waals surface area contributed by atoms with Crippen molar-refractivity contribution in [3.63, 3.8) is 0 Å². The average molecular weight is 381 g/mol. The molecule has 3 aromatic carbocycles. The number of anilines is 1. The Morgan fingerprint density at radius 1 is 0.897 bits per heavy atom. The van der Waals surface area contributed by atoms with E-state index in [2.05, 4.69) is 5.32 Å². The summed E-state index contributed by atoms with van der Waals surface area (Å²) >= 11 is 0. The molecule has 0 aliphatic rings. The van der Waals surface area contributed by atoms with Crippen LogP contribution < -0.4 is 11.1 Å². The van der Waals surface area contributed by atoms with E-state index in [1.807, 2.05) is 61.5 Å². The zero-order valence-electron chi connectivity index (χ0n) is 15.8. The fourth-order valence-corrected chi connectivity index (χ4v) is 3.23. The number of aromatic nitrogens is 1. The van der Waals surface area contributed by atoms with E-state index in [9.17, 15) is 9.59 Å². The maximum Gasteiger partial charge on any atom is 0.256 e. The summed E-state index contributed by atoms with van der Waals surface area (Å²) in [4.78, 5) is 29.0. The van der Waals surface area contributed by atoms with Crippen LogP contribution in [-0.2, 0) is 0 Å². The number of primary amides is 1. The monoisotopic (exact) mass is 381 g/mol. The Labute approximate surface area is 168 Å². The van der Waals surface area contributed by atoms with Crippen molar-refractivity contribution in [3.8, 4) is 11.3 Å². The van der Waals surface area contributed by atoms with E-state index in [0.29, 0.717) is 16.8 Å². The van der Waals surface area contributed by atoms with Gasteiger partial charge in [0, 0.05) is 22.2 Å². The third-order valence-electron chi connectivity index (χ3n) is 4.70. The molecule has 0 saturated heterocycles. The van der Waals surface area contributed by atoms with Crippen LogP contribution in [0.15, 0.2) is 78.9 Å². The molecule has 0 aliphatic heterocycles. The number of hydrogen-bond donors (Lipinski definition) is 2. The number of para-hydroxylation sites is 1. The SMILES string of the molecule is Cc1cccc(-c2cc(C(=O)Nc3ccc(C(N)=O)cc3)c3ccccc3n2)c1. The normalized spacial score (nSPS) is 10.7. The second-order valence-electron chi connectivity index (χ2n) is 6.84. The lowest BCUT2D eigenvalue weighted by molar-refractivity contribution is 0.0998. The van der Waals surface area contributed by atoms with Crippen molar-refractivity contribution in [2.24, 2.45) is 5.73 Å². The average Bonchev–Trinajstić information content (AvgIpc) is 2.73. The van der Waals surface area contributed by atoms with Crippen molar-refractivity contribution in [2.75, 3.05) is 5.32 Å². The molecule has 1 aromatic heterocycles. The van der Waals surface area contributed by atoms with Gasteiger partial charge in [-0.1, -0.05) is 42.0 Å². The van der Waals surface area contributed by atoms with Gasteiger partial charge in [0.2, 0.25) is 5.91 Å². The first-order valence-corrected chi connectivity index (χ1v) is 9.19.